The normalized spacial score (nSPS) is 11.2. The Kier molecular flexibility index (Phi) is 6.49. The van der Waals surface area contributed by atoms with E-state index in [4.69, 9.17) is 4.42 Å². The first-order chi connectivity index (χ1) is 15.5. The third-order valence-corrected chi connectivity index (χ3v) is 6.27. The Morgan fingerprint density at radius 1 is 0.812 bits per heavy atom. The van der Waals surface area contributed by atoms with Gasteiger partial charge in [0.2, 0.25) is 15.9 Å². The van der Waals surface area contributed by atoms with E-state index >= 15 is 0 Å². The molecule has 0 saturated heterocycles. The van der Waals surface area contributed by atoms with Gasteiger partial charge in [-0.05, 0) is 47.0 Å². The molecule has 0 saturated carbocycles. The fourth-order valence-electron chi connectivity index (χ4n) is 3.24. The fraction of sp³-hybridized carbons (Fsp3) is 0.0800. The number of anilines is 1. The van der Waals surface area contributed by atoms with Gasteiger partial charge in [0.05, 0.1) is 24.1 Å². The van der Waals surface area contributed by atoms with Crippen molar-refractivity contribution in [1.29, 1.82) is 0 Å². The molecular weight excluding hydrogens is 424 g/mol. The van der Waals surface area contributed by atoms with E-state index in [-0.39, 0.29) is 23.8 Å². The summed E-state index contributed by atoms with van der Waals surface area (Å²) in [5.74, 6) is 0.284. The molecule has 0 fully saturated rings. The number of hydrogen-bond acceptors (Lipinski definition) is 4. The van der Waals surface area contributed by atoms with Gasteiger partial charge in [0.25, 0.3) is 0 Å². The van der Waals surface area contributed by atoms with E-state index < -0.39 is 10.0 Å². The van der Waals surface area contributed by atoms with Gasteiger partial charge in [0, 0.05) is 5.69 Å². The molecule has 2 N–H and O–H groups in total. The van der Waals surface area contributed by atoms with Gasteiger partial charge in [0.1, 0.15) is 5.76 Å². The molecule has 7 heteroatoms. The lowest BCUT2D eigenvalue weighted by atomic mass is 10.0. The first-order valence-corrected chi connectivity index (χ1v) is 11.5. The second-order valence-corrected chi connectivity index (χ2v) is 8.99. The van der Waals surface area contributed by atoms with Gasteiger partial charge in [-0.3, -0.25) is 4.79 Å². The molecular formula is C25H22N2O4S. The fourth-order valence-corrected chi connectivity index (χ4v) is 4.28. The number of carbonyl (C=O) groups excluding carboxylic acids is 1. The maximum Gasteiger partial charge on any atom is 0.241 e. The molecule has 0 radical (unpaired) electrons. The van der Waals surface area contributed by atoms with Gasteiger partial charge in [-0.25, -0.2) is 13.1 Å². The molecule has 1 amide bonds. The van der Waals surface area contributed by atoms with Gasteiger partial charge < -0.3 is 9.73 Å². The standard InChI is InChI=1S/C25H22N2O4S/c28-25(16-19-11-13-21(14-12-19)20-6-2-1-3-7-20)27-22-8-4-10-24(17-22)32(29,30)26-18-23-9-5-15-31-23/h1-15,17,26H,16,18H2,(H,27,28). The molecule has 6 nitrogen and oxygen atoms in total. The van der Waals surface area contributed by atoms with Crippen molar-refractivity contribution in [3.63, 3.8) is 0 Å². The topological polar surface area (TPSA) is 88.4 Å². The van der Waals surface area contributed by atoms with Crippen molar-refractivity contribution in [2.75, 3.05) is 5.32 Å². The van der Waals surface area contributed by atoms with Crippen molar-refractivity contribution in [2.45, 2.75) is 17.9 Å². The number of rotatable bonds is 8. The van der Waals surface area contributed by atoms with Crippen molar-refractivity contribution in [3.8, 4) is 11.1 Å². The smallest absolute Gasteiger partial charge is 0.241 e. The lowest BCUT2D eigenvalue weighted by Gasteiger charge is -2.09. The van der Waals surface area contributed by atoms with E-state index in [0.717, 1.165) is 16.7 Å². The van der Waals surface area contributed by atoms with Crippen molar-refractivity contribution >= 4 is 21.6 Å². The molecule has 1 aromatic heterocycles. The van der Waals surface area contributed by atoms with Crippen LogP contribution in [0.3, 0.4) is 0 Å². The largest absolute Gasteiger partial charge is 0.468 e. The minimum Gasteiger partial charge on any atom is -0.468 e. The van der Waals surface area contributed by atoms with Gasteiger partial charge in [-0.2, -0.15) is 0 Å². The zero-order chi connectivity index (χ0) is 22.4. The van der Waals surface area contributed by atoms with Crippen LogP contribution in [0.5, 0.6) is 0 Å². The minimum absolute atomic E-state index is 0.0465. The van der Waals surface area contributed by atoms with Crippen LogP contribution >= 0.6 is 0 Å². The van der Waals surface area contributed by atoms with Crippen LogP contribution in [0.25, 0.3) is 11.1 Å². The van der Waals surface area contributed by atoms with Crippen LogP contribution in [0, 0.1) is 0 Å². The number of carbonyl (C=O) groups is 1. The third kappa shape index (κ3) is 5.51. The highest BCUT2D eigenvalue weighted by molar-refractivity contribution is 7.89. The van der Waals surface area contributed by atoms with Crippen LogP contribution in [0.2, 0.25) is 0 Å². The molecule has 0 aliphatic heterocycles. The van der Waals surface area contributed by atoms with Gasteiger partial charge in [-0.15, -0.1) is 0 Å². The maximum atomic E-state index is 12.5. The first-order valence-electron chi connectivity index (χ1n) is 10.1. The molecule has 1 heterocycles. The van der Waals surface area contributed by atoms with E-state index in [1.54, 1.807) is 24.3 Å². The Morgan fingerprint density at radius 2 is 1.56 bits per heavy atom. The van der Waals surface area contributed by atoms with E-state index in [1.807, 2.05) is 54.6 Å². The van der Waals surface area contributed by atoms with Crippen LogP contribution in [-0.4, -0.2) is 14.3 Å². The molecule has 0 aliphatic carbocycles. The Bertz CT molecular complexity index is 1280. The molecule has 3 aromatic carbocycles. The Hall–Kier alpha value is -3.68. The number of sulfonamides is 1. The number of hydrogen-bond donors (Lipinski definition) is 2. The first kappa shape index (κ1) is 21.5. The van der Waals surface area contributed by atoms with Gasteiger partial charge in [-0.1, -0.05) is 60.7 Å². The minimum atomic E-state index is -3.75. The van der Waals surface area contributed by atoms with Crippen LogP contribution < -0.4 is 10.0 Å². The SMILES string of the molecule is O=C(Cc1ccc(-c2ccccc2)cc1)Nc1cccc(S(=O)(=O)NCc2ccco2)c1. The Morgan fingerprint density at radius 3 is 2.28 bits per heavy atom. The average Bonchev–Trinajstić information content (AvgIpc) is 3.33. The lowest BCUT2D eigenvalue weighted by molar-refractivity contribution is -0.115. The zero-order valence-corrected chi connectivity index (χ0v) is 18.0. The average molecular weight is 447 g/mol. The summed E-state index contributed by atoms with van der Waals surface area (Å²) in [6.45, 7) is 0.0465. The monoisotopic (exact) mass is 446 g/mol. The van der Waals surface area contributed by atoms with E-state index in [0.29, 0.717) is 11.4 Å². The lowest BCUT2D eigenvalue weighted by Crippen LogP contribution is -2.23. The molecule has 4 aromatic rings. The maximum absolute atomic E-state index is 12.5. The molecule has 0 spiro atoms. The summed E-state index contributed by atoms with van der Waals surface area (Å²) in [4.78, 5) is 12.6. The Balaban J connectivity index is 1.38. The van der Waals surface area contributed by atoms with Crippen LogP contribution in [0.1, 0.15) is 11.3 Å². The predicted molar refractivity (Wildman–Crippen MR) is 123 cm³/mol. The zero-order valence-electron chi connectivity index (χ0n) is 17.2. The van der Waals surface area contributed by atoms with Crippen LogP contribution in [0.4, 0.5) is 5.69 Å². The van der Waals surface area contributed by atoms with Crippen LogP contribution in [-0.2, 0) is 27.8 Å². The summed E-state index contributed by atoms with van der Waals surface area (Å²) in [5, 5.41) is 2.77. The second kappa shape index (κ2) is 9.64. The van der Waals surface area contributed by atoms with Gasteiger partial charge >= 0.3 is 0 Å². The number of furan rings is 1. The summed E-state index contributed by atoms with van der Waals surface area (Å²) >= 11 is 0. The van der Waals surface area contributed by atoms with E-state index in [1.165, 1.54) is 18.4 Å². The number of amides is 1. The van der Waals surface area contributed by atoms with Crippen molar-refractivity contribution in [1.82, 2.24) is 4.72 Å². The molecule has 0 unspecified atom stereocenters. The number of benzene rings is 3. The predicted octanol–water partition coefficient (Wildman–Crippen LogP) is 4.61. The highest BCUT2D eigenvalue weighted by Gasteiger charge is 2.15. The molecule has 4 rings (SSSR count). The van der Waals surface area contributed by atoms with Gasteiger partial charge in [0.15, 0.2) is 0 Å². The molecule has 0 bridgehead atoms. The Labute approximate surface area is 187 Å². The summed E-state index contributed by atoms with van der Waals surface area (Å²) < 4.78 is 32.7. The van der Waals surface area contributed by atoms with E-state index in [2.05, 4.69) is 10.0 Å². The summed E-state index contributed by atoms with van der Waals surface area (Å²) in [6, 6.07) is 27.3. The van der Waals surface area contributed by atoms with Crippen molar-refractivity contribution in [2.24, 2.45) is 0 Å². The van der Waals surface area contributed by atoms with Crippen LogP contribution in [0.15, 0.2) is 107 Å². The van der Waals surface area contributed by atoms with E-state index in [9.17, 15) is 13.2 Å². The number of nitrogens with one attached hydrogen (secondary N) is 2. The summed E-state index contributed by atoms with van der Waals surface area (Å²) in [6.07, 6.45) is 1.66. The summed E-state index contributed by atoms with van der Waals surface area (Å²) in [7, 11) is -3.75. The third-order valence-electron chi connectivity index (χ3n) is 4.87. The summed E-state index contributed by atoms with van der Waals surface area (Å²) in [5.41, 5.74) is 3.47. The van der Waals surface area contributed by atoms with Crippen molar-refractivity contribution in [3.05, 3.63) is 109 Å². The second-order valence-electron chi connectivity index (χ2n) is 7.22. The van der Waals surface area contributed by atoms with Crippen molar-refractivity contribution < 1.29 is 17.6 Å². The molecule has 32 heavy (non-hydrogen) atoms. The molecule has 162 valence electrons. The quantitative estimate of drug-likeness (QED) is 0.414. The molecule has 0 aliphatic rings. The highest BCUT2D eigenvalue weighted by atomic mass is 32.2. The molecule has 0 atom stereocenters. The highest BCUT2D eigenvalue weighted by Crippen LogP contribution is 2.20.